The number of rotatable bonds is 6. The number of aryl methyl sites for hydroxylation is 2. The summed E-state index contributed by atoms with van der Waals surface area (Å²) in [5.74, 6) is 0.578. The van der Waals surface area contributed by atoms with Crippen molar-refractivity contribution in [1.29, 1.82) is 0 Å². The van der Waals surface area contributed by atoms with Crippen molar-refractivity contribution in [1.82, 2.24) is 0 Å². The third-order valence-corrected chi connectivity index (χ3v) is 4.42. The fourth-order valence-electron chi connectivity index (χ4n) is 1.97. The summed E-state index contributed by atoms with van der Waals surface area (Å²) in [5, 5.41) is 11.6. The number of ether oxygens (including phenoxy) is 1. The molecule has 1 aromatic carbocycles. The largest absolute Gasteiger partial charge is 0.491 e. The number of carbonyl (C=O) groups excluding carboxylic acids is 1. The minimum atomic E-state index is -0.0909. The fraction of sp³-hybridized carbons (Fsp3) is 0.312. The van der Waals surface area contributed by atoms with Crippen LogP contribution in [0.1, 0.15) is 27.0 Å². The van der Waals surface area contributed by atoms with Gasteiger partial charge in [0.1, 0.15) is 12.4 Å². The van der Waals surface area contributed by atoms with E-state index in [1.807, 2.05) is 13.0 Å². The van der Waals surface area contributed by atoms with Crippen LogP contribution in [0.2, 0.25) is 0 Å². The minimum Gasteiger partial charge on any atom is -0.491 e. The number of aliphatic hydroxyl groups excluding tert-OH is 1. The molecule has 0 radical (unpaired) electrons. The smallest absolute Gasteiger partial charge is 0.265 e. The normalized spacial score (nSPS) is 10.4. The van der Waals surface area contributed by atoms with E-state index in [0.717, 1.165) is 17.0 Å². The van der Waals surface area contributed by atoms with Crippen LogP contribution in [0.25, 0.3) is 0 Å². The average Bonchev–Trinajstić information content (AvgIpc) is 2.88. The fourth-order valence-corrected chi connectivity index (χ4v) is 2.98. The average molecular weight is 305 g/mol. The Morgan fingerprint density at radius 3 is 2.62 bits per heavy atom. The zero-order chi connectivity index (χ0) is 15.2. The number of nitrogens with one attached hydrogen (secondary N) is 1. The minimum absolute atomic E-state index is 0.0179. The molecule has 2 N–H and O–H groups in total. The van der Waals surface area contributed by atoms with Crippen molar-refractivity contribution in [2.24, 2.45) is 0 Å². The van der Waals surface area contributed by atoms with Gasteiger partial charge in [-0.1, -0.05) is 6.92 Å². The Morgan fingerprint density at radius 2 is 2.05 bits per heavy atom. The SMILES string of the molecule is CCc1sc(C(=O)Nc2ccc(OCCO)cc2)cc1C. The van der Waals surface area contributed by atoms with E-state index in [9.17, 15) is 4.79 Å². The van der Waals surface area contributed by atoms with E-state index in [0.29, 0.717) is 5.75 Å². The zero-order valence-corrected chi connectivity index (χ0v) is 13.0. The molecule has 0 aliphatic carbocycles. The van der Waals surface area contributed by atoms with Gasteiger partial charge in [0, 0.05) is 10.6 Å². The third kappa shape index (κ3) is 4.06. The molecular weight excluding hydrogens is 286 g/mol. The van der Waals surface area contributed by atoms with Crippen LogP contribution in [0.5, 0.6) is 5.75 Å². The molecule has 112 valence electrons. The van der Waals surface area contributed by atoms with Crippen LogP contribution in [0.4, 0.5) is 5.69 Å². The monoisotopic (exact) mass is 305 g/mol. The highest BCUT2D eigenvalue weighted by atomic mass is 32.1. The van der Waals surface area contributed by atoms with Crippen molar-refractivity contribution < 1.29 is 14.6 Å². The molecule has 1 aromatic heterocycles. The topological polar surface area (TPSA) is 58.6 Å². The number of hydrogen-bond donors (Lipinski definition) is 2. The molecule has 4 nitrogen and oxygen atoms in total. The van der Waals surface area contributed by atoms with Crippen molar-refractivity contribution in [2.45, 2.75) is 20.3 Å². The molecule has 0 fully saturated rings. The molecule has 0 bridgehead atoms. The Kier molecular flexibility index (Phi) is 5.36. The standard InChI is InChI=1S/C16H19NO3S/c1-3-14-11(2)10-15(21-14)16(19)17-12-4-6-13(7-5-12)20-9-8-18/h4-7,10,18H,3,8-9H2,1-2H3,(H,17,19). The molecule has 5 heteroatoms. The molecule has 0 saturated carbocycles. The van der Waals surface area contributed by atoms with Crippen LogP contribution in [0.15, 0.2) is 30.3 Å². The van der Waals surface area contributed by atoms with E-state index in [4.69, 9.17) is 9.84 Å². The van der Waals surface area contributed by atoms with E-state index >= 15 is 0 Å². The Hall–Kier alpha value is -1.85. The van der Waals surface area contributed by atoms with Crippen LogP contribution in [0.3, 0.4) is 0 Å². The molecule has 0 unspecified atom stereocenters. The molecule has 0 aliphatic rings. The second kappa shape index (κ2) is 7.24. The Morgan fingerprint density at radius 1 is 1.33 bits per heavy atom. The summed E-state index contributed by atoms with van der Waals surface area (Å²) in [6.45, 7) is 4.36. The van der Waals surface area contributed by atoms with Gasteiger partial charge in [0.15, 0.2) is 0 Å². The van der Waals surface area contributed by atoms with Gasteiger partial charge >= 0.3 is 0 Å². The van der Waals surface area contributed by atoms with Crippen molar-refractivity contribution in [3.8, 4) is 5.75 Å². The number of thiophene rings is 1. The van der Waals surface area contributed by atoms with Crippen molar-refractivity contribution in [2.75, 3.05) is 18.5 Å². The molecule has 0 aliphatic heterocycles. The first-order valence-corrected chi connectivity index (χ1v) is 7.70. The Balaban J connectivity index is 2.01. The summed E-state index contributed by atoms with van der Waals surface area (Å²) < 4.78 is 5.27. The maximum Gasteiger partial charge on any atom is 0.265 e. The highest BCUT2D eigenvalue weighted by Gasteiger charge is 2.11. The zero-order valence-electron chi connectivity index (χ0n) is 12.2. The maximum atomic E-state index is 12.2. The maximum absolute atomic E-state index is 12.2. The first-order valence-electron chi connectivity index (χ1n) is 6.88. The van der Waals surface area contributed by atoms with Gasteiger partial charge in [-0.05, 0) is 49.2 Å². The first-order chi connectivity index (χ1) is 10.1. The molecular formula is C16H19NO3S. The molecule has 0 spiro atoms. The lowest BCUT2D eigenvalue weighted by Gasteiger charge is -2.06. The quantitative estimate of drug-likeness (QED) is 0.861. The van der Waals surface area contributed by atoms with Gasteiger partial charge in [0.05, 0.1) is 11.5 Å². The highest BCUT2D eigenvalue weighted by Crippen LogP contribution is 2.24. The van der Waals surface area contributed by atoms with Crippen LogP contribution in [-0.4, -0.2) is 24.2 Å². The van der Waals surface area contributed by atoms with E-state index < -0.39 is 0 Å². The summed E-state index contributed by atoms with van der Waals surface area (Å²) in [7, 11) is 0. The number of carbonyl (C=O) groups is 1. The van der Waals surface area contributed by atoms with Gasteiger partial charge in [0.2, 0.25) is 0 Å². The second-order valence-electron chi connectivity index (χ2n) is 4.62. The summed E-state index contributed by atoms with van der Waals surface area (Å²) >= 11 is 1.54. The van der Waals surface area contributed by atoms with Gasteiger partial charge in [-0.25, -0.2) is 0 Å². The summed E-state index contributed by atoms with van der Waals surface area (Å²) in [4.78, 5) is 14.2. The Labute approximate surface area is 128 Å². The summed E-state index contributed by atoms with van der Waals surface area (Å²) in [5.41, 5.74) is 1.89. The highest BCUT2D eigenvalue weighted by molar-refractivity contribution is 7.14. The number of hydrogen-bond acceptors (Lipinski definition) is 4. The van der Waals surface area contributed by atoms with Gasteiger partial charge in [0.25, 0.3) is 5.91 Å². The number of aliphatic hydroxyl groups is 1. The Bertz CT molecular complexity index is 604. The summed E-state index contributed by atoms with van der Waals surface area (Å²) in [6, 6.07) is 9.03. The van der Waals surface area contributed by atoms with E-state index in [-0.39, 0.29) is 19.1 Å². The van der Waals surface area contributed by atoms with Gasteiger partial charge < -0.3 is 15.2 Å². The van der Waals surface area contributed by atoms with E-state index in [2.05, 4.69) is 12.2 Å². The molecule has 1 heterocycles. The lowest BCUT2D eigenvalue weighted by molar-refractivity contribution is 0.103. The molecule has 0 atom stereocenters. The number of anilines is 1. The van der Waals surface area contributed by atoms with E-state index in [1.165, 1.54) is 21.8 Å². The molecule has 21 heavy (non-hydrogen) atoms. The van der Waals surface area contributed by atoms with Gasteiger partial charge in [-0.3, -0.25) is 4.79 Å². The van der Waals surface area contributed by atoms with Crippen molar-refractivity contribution in [3.63, 3.8) is 0 Å². The lowest BCUT2D eigenvalue weighted by Crippen LogP contribution is -2.10. The van der Waals surface area contributed by atoms with Gasteiger partial charge in [-0.15, -0.1) is 11.3 Å². The summed E-state index contributed by atoms with van der Waals surface area (Å²) in [6.07, 6.45) is 0.945. The van der Waals surface area contributed by atoms with Gasteiger partial charge in [-0.2, -0.15) is 0 Å². The van der Waals surface area contributed by atoms with E-state index in [1.54, 1.807) is 24.3 Å². The molecule has 1 amide bonds. The molecule has 0 saturated heterocycles. The lowest BCUT2D eigenvalue weighted by atomic mass is 10.2. The van der Waals surface area contributed by atoms with Crippen LogP contribution >= 0.6 is 11.3 Å². The van der Waals surface area contributed by atoms with Crippen LogP contribution in [0, 0.1) is 6.92 Å². The number of benzene rings is 1. The second-order valence-corrected chi connectivity index (χ2v) is 5.76. The predicted octanol–water partition coefficient (Wildman–Crippen LogP) is 3.24. The van der Waals surface area contributed by atoms with Crippen molar-refractivity contribution in [3.05, 3.63) is 45.6 Å². The third-order valence-electron chi connectivity index (χ3n) is 3.04. The molecule has 2 rings (SSSR count). The van der Waals surface area contributed by atoms with Crippen LogP contribution in [-0.2, 0) is 6.42 Å². The predicted molar refractivity (Wildman–Crippen MR) is 85.4 cm³/mol. The van der Waals surface area contributed by atoms with Crippen LogP contribution < -0.4 is 10.1 Å². The van der Waals surface area contributed by atoms with Crippen molar-refractivity contribution >= 4 is 22.9 Å². The molecule has 2 aromatic rings. The first kappa shape index (κ1) is 15.5. The number of amides is 1.